The Bertz CT molecular complexity index is 884. The van der Waals surface area contributed by atoms with Gasteiger partial charge in [-0.2, -0.15) is 0 Å². The summed E-state index contributed by atoms with van der Waals surface area (Å²) in [7, 11) is 1.60. The number of nitrogens with zero attached hydrogens (tertiary/aromatic N) is 2. The van der Waals surface area contributed by atoms with Crippen molar-refractivity contribution in [1.29, 1.82) is 0 Å². The number of hydrogen-bond donors (Lipinski definition) is 2. The molecule has 0 radical (unpaired) electrons. The fourth-order valence-electron chi connectivity index (χ4n) is 2.17. The van der Waals surface area contributed by atoms with E-state index in [1.807, 2.05) is 42.5 Å². The van der Waals surface area contributed by atoms with Crippen LogP contribution in [0.4, 0.5) is 17.2 Å². The molecule has 0 atom stereocenters. The van der Waals surface area contributed by atoms with Crippen molar-refractivity contribution in [3.63, 3.8) is 0 Å². The third-order valence-corrected chi connectivity index (χ3v) is 3.84. The molecule has 1 amide bonds. The van der Waals surface area contributed by atoms with Crippen molar-refractivity contribution in [3.8, 4) is 5.75 Å². The summed E-state index contributed by atoms with van der Waals surface area (Å²) in [5.41, 5.74) is 1.67. The number of methoxy groups -OCH3 is 1. The molecule has 0 saturated carbocycles. The number of anilines is 3. The molecule has 0 saturated heterocycles. The second-order valence-electron chi connectivity index (χ2n) is 5.09. The van der Waals surface area contributed by atoms with Gasteiger partial charge in [-0.15, -0.1) is 10.2 Å². The first kappa shape index (κ1) is 16.9. The number of benzene rings is 2. The van der Waals surface area contributed by atoms with Crippen LogP contribution in [0.3, 0.4) is 0 Å². The molecule has 0 fully saturated rings. The number of halogens is 1. The van der Waals surface area contributed by atoms with E-state index in [0.717, 1.165) is 10.2 Å². The Kier molecular flexibility index (Phi) is 5.25. The largest absolute Gasteiger partial charge is 0.495 e. The average Bonchev–Trinajstić information content (AvgIpc) is 2.63. The molecule has 25 heavy (non-hydrogen) atoms. The predicted octanol–water partition coefficient (Wildman–Crippen LogP) is 4.24. The number of ether oxygens (including phenoxy) is 1. The molecular weight excluding hydrogens is 384 g/mol. The monoisotopic (exact) mass is 398 g/mol. The van der Waals surface area contributed by atoms with Crippen LogP contribution in [0.15, 0.2) is 65.1 Å². The van der Waals surface area contributed by atoms with Crippen LogP contribution in [-0.4, -0.2) is 23.2 Å². The molecule has 7 heteroatoms. The number of carbonyl (C=O) groups is 1. The number of aromatic nitrogens is 2. The first-order valence-corrected chi connectivity index (χ1v) is 8.26. The van der Waals surface area contributed by atoms with Crippen LogP contribution in [0, 0.1) is 0 Å². The molecule has 0 bridgehead atoms. The van der Waals surface area contributed by atoms with Crippen molar-refractivity contribution >= 4 is 39.0 Å². The van der Waals surface area contributed by atoms with Crippen LogP contribution in [-0.2, 0) is 0 Å². The highest BCUT2D eigenvalue weighted by Gasteiger charge is 2.10. The molecular formula is C18H15BrN4O2. The average molecular weight is 399 g/mol. The zero-order chi connectivity index (χ0) is 17.6. The van der Waals surface area contributed by atoms with Gasteiger partial charge in [0.15, 0.2) is 11.5 Å². The summed E-state index contributed by atoms with van der Waals surface area (Å²) in [6.45, 7) is 0. The summed E-state index contributed by atoms with van der Waals surface area (Å²) in [6.07, 6.45) is 0. The van der Waals surface area contributed by atoms with Gasteiger partial charge in [-0.05, 0) is 42.5 Å². The molecule has 2 aromatic carbocycles. The van der Waals surface area contributed by atoms with E-state index in [-0.39, 0.29) is 11.6 Å². The van der Waals surface area contributed by atoms with Gasteiger partial charge in [-0.1, -0.05) is 34.1 Å². The summed E-state index contributed by atoms with van der Waals surface area (Å²) in [4.78, 5) is 12.2. The summed E-state index contributed by atoms with van der Waals surface area (Å²) in [5, 5.41) is 13.9. The van der Waals surface area contributed by atoms with Gasteiger partial charge < -0.3 is 15.4 Å². The second kappa shape index (κ2) is 7.76. The molecule has 1 aromatic heterocycles. The number of carbonyl (C=O) groups excluding carboxylic acids is 1. The topological polar surface area (TPSA) is 76.1 Å². The van der Waals surface area contributed by atoms with Crippen molar-refractivity contribution < 1.29 is 9.53 Å². The summed E-state index contributed by atoms with van der Waals surface area (Å²) in [6, 6.07) is 18.1. The molecule has 3 aromatic rings. The smallest absolute Gasteiger partial charge is 0.276 e. The summed E-state index contributed by atoms with van der Waals surface area (Å²) in [5.74, 6) is 0.888. The third-order valence-electron chi connectivity index (χ3n) is 3.35. The fraction of sp³-hybridized carbons (Fsp3) is 0.0556. The zero-order valence-corrected chi connectivity index (χ0v) is 14.9. The summed E-state index contributed by atoms with van der Waals surface area (Å²) < 4.78 is 6.16. The zero-order valence-electron chi connectivity index (χ0n) is 13.4. The molecule has 0 aliphatic carbocycles. The lowest BCUT2D eigenvalue weighted by atomic mass is 10.3. The maximum atomic E-state index is 12.2. The Hall–Kier alpha value is -2.93. The Morgan fingerprint density at radius 3 is 2.60 bits per heavy atom. The minimum absolute atomic E-state index is 0.227. The minimum atomic E-state index is -0.325. The number of nitrogens with one attached hydrogen (secondary N) is 2. The van der Waals surface area contributed by atoms with Crippen molar-refractivity contribution in [1.82, 2.24) is 10.2 Å². The first-order valence-electron chi connectivity index (χ1n) is 7.46. The normalized spacial score (nSPS) is 10.2. The van der Waals surface area contributed by atoms with Gasteiger partial charge in [0.25, 0.3) is 5.91 Å². The van der Waals surface area contributed by atoms with E-state index in [9.17, 15) is 4.79 Å². The highest BCUT2D eigenvalue weighted by Crippen LogP contribution is 2.25. The summed E-state index contributed by atoms with van der Waals surface area (Å²) >= 11 is 3.36. The molecule has 0 spiro atoms. The Balaban J connectivity index is 1.70. The van der Waals surface area contributed by atoms with Gasteiger partial charge in [0, 0.05) is 10.2 Å². The van der Waals surface area contributed by atoms with Crippen LogP contribution < -0.4 is 15.4 Å². The van der Waals surface area contributed by atoms with Gasteiger partial charge in [0.1, 0.15) is 5.75 Å². The van der Waals surface area contributed by atoms with Gasteiger partial charge in [0.05, 0.1) is 12.8 Å². The van der Waals surface area contributed by atoms with Crippen LogP contribution in [0.1, 0.15) is 10.5 Å². The third kappa shape index (κ3) is 4.33. The Morgan fingerprint density at radius 2 is 1.88 bits per heavy atom. The Labute approximate surface area is 153 Å². The van der Waals surface area contributed by atoms with Crippen LogP contribution in [0.5, 0.6) is 5.75 Å². The first-order chi connectivity index (χ1) is 12.2. The van der Waals surface area contributed by atoms with E-state index in [1.165, 1.54) is 0 Å². The Morgan fingerprint density at radius 1 is 1.04 bits per heavy atom. The van der Waals surface area contributed by atoms with E-state index >= 15 is 0 Å². The molecule has 1 heterocycles. The molecule has 0 aliphatic rings. The van der Waals surface area contributed by atoms with Gasteiger partial charge in [-0.3, -0.25) is 4.79 Å². The van der Waals surface area contributed by atoms with Gasteiger partial charge >= 0.3 is 0 Å². The fourth-order valence-corrected chi connectivity index (χ4v) is 2.57. The van der Waals surface area contributed by atoms with E-state index < -0.39 is 0 Å². The lowest BCUT2D eigenvalue weighted by molar-refractivity contribution is 0.102. The number of amides is 1. The van der Waals surface area contributed by atoms with Crippen molar-refractivity contribution in [2.24, 2.45) is 0 Å². The number of para-hydroxylation sites is 2. The van der Waals surface area contributed by atoms with Crippen LogP contribution in [0.25, 0.3) is 0 Å². The molecule has 3 rings (SSSR count). The maximum absolute atomic E-state index is 12.2. The van der Waals surface area contributed by atoms with Gasteiger partial charge in [0.2, 0.25) is 0 Å². The van der Waals surface area contributed by atoms with Crippen molar-refractivity contribution in [2.75, 3.05) is 17.7 Å². The van der Waals surface area contributed by atoms with E-state index in [0.29, 0.717) is 17.3 Å². The van der Waals surface area contributed by atoms with Gasteiger partial charge in [-0.25, -0.2) is 0 Å². The highest BCUT2D eigenvalue weighted by molar-refractivity contribution is 9.10. The minimum Gasteiger partial charge on any atom is -0.495 e. The quantitative estimate of drug-likeness (QED) is 0.671. The molecule has 0 aliphatic heterocycles. The number of hydrogen-bond acceptors (Lipinski definition) is 5. The van der Waals surface area contributed by atoms with Crippen LogP contribution >= 0.6 is 15.9 Å². The predicted molar refractivity (Wildman–Crippen MR) is 100 cm³/mol. The SMILES string of the molecule is COc1ccccc1Nc1ccc(C(=O)Nc2cccc(Br)c2)nn1. The van der Waals surface area contributed by atoms with Crippen molar-refractivity contribution in [2.45, 2.75) is 0 Å². The second-order valence-corrected chi connectivity index (χ2v) is 6.01. The van der Waals surface area contributed by atoms with Crippen LogP contribution in [0.2, 0.25) is 0 Å². The number of rotatable bonds is 5. The van der Waals surface area contributed by atoms with E-state index in [1.54, 1.807) is 25.3 Å². The highest BCUT2D eigenvalue weighted by atomic mass is 79.9. The molecule has 6 nitrogen and oxygen atoms in total. The maximum Gasteiger partial charge on any atom is 0.276 e. The molecule has 0 unspecified atom stereocenters. The lowest BCUT2D eigenvalue weighted by Gasteiger charge is -2.10. The lowest BCUT2D eigenvalue weighted by Crippen LogP contribution is -2.14. The standard InChI is InChI=1S/C18H15BrN4O2/c1-25-16-8-3-2-7-14(16)21-17-10-9-15(22-23-17)18(24)20-13-6-4-5-12(19)11-13/h2-11H,1H3,(H,20,24)(H,21,23). The van der Waals surface area contributed by atoms with E-state index in [2.05, 4.69) is 36.8 Å². The molecule has 126 valence electrons. The van der Waals surface area contributed by atoms with E-state index in [4.69, 9.17) is 4.74 Å². The molecule has 2 N–H and O–H groups in total. The van der Waals surface area contributed by atoms with Crippen molar-refractivity contribution in [3.05, 3.63) is 70.8 Å².